The van der Waals surface area contributed by atoms with Crippen LogP contribution in [0, 0.1) is 0 Å². The molecule has 0 aromatic heterocycles. The minimum absolute atomic E-state index is 0.0651. The molecule has 0 radical (unpaired) electrons. The Bertz CT molecular complexity index is 928. The summed E-state index contributed by atoms with van der Waals surface area (Å²) in [6, 6.07) is 9.06. The van der Waals surface area contributed by atoms with E-state index >= 15 is 0 Å². The Kier molecular flexibility index (Phi) is 4.64. The van der Waals surface area contributed by atoms with E-state index in [9.17, 15) is 18.0 Å². The van der Waals surface area contributed by atoms with Gasteiger partial charge in [0.25, 0.3) is 0 Å². The van der Waals surface area contributed by atoms with Crippen molar-refractivity contribution in [1.82, 2.24) is 0 Å². The highest BCUT2D eigenvalue weighted by molar-refractivity contribution is 5.91. The number of halogens is 3. The van der Waals surface area contributed by atoms with Gasteiger partial charge in [-0.05, 0) is 28.0 Å². The summed E-state index contributed by atoms with van der Waals surface area (Å²) in [6.07, 6.45) is -4.55. The van der Waals surface area contributed by atoms with Crippen LogP contribution in [0.15, 0.2) is 36.4 Å². The number of esters is 1. The van der Waals surface area contributed by atoms with Gasteiger partial charge in [-0.2, -0.15) is 13.2 Å². The zero-order valence-corrected chi connectivity index (χ0v) is 17.0. The molecule has 0 bridgehead atoms. The van der Waals surface area contributed by atoms with Crippen LogP contribution >= 0.6 is 0 Å². The zero-order valence-electron chi connectivity index (χ0n) is 17.0. The first-order chi connectivity index (χ1) is 12.7. The second-order valence-electron chi connectivity index (χ2n) is 9.38. The van der Waals surface area contributed by atoms with Crippen molar-refractivity contribution < 1.29 is 22.7 Å². The van der Waals surface area contributed by atoms with Gasteiger partial charge in [-0.15, -0.1) is 0 Å². The van der Waals surface area contributed by atoms with Gasteiger partial charge in [-0.25, -0.2) is 0 Å². The number of rotatable bonds is 1. The highest BCUT2D eigenvalue weighted by Crippen LogP contribution is 2.49. The van der Waals surface area contributed by atoms with Crippen molar-refractivity contribution in [2.45, 2.75) is 64.5 Å². The van der Waals surface area contributed by atoms with E-state index in [1.807, 2.05) is 53.7 Å². The molecule has 0 saturated heterocycles. The Labute approximate surface area is 163 Å². The second kappa shape index (κ2) is 6.36. The number of alkyl halides is 3. The summed E-state index contributed by atoms with van der Waals surface area (Å²) in [7, 11) is 0. The van der Waals surface area contributed by atoms with Gasteiger partial charge in [0, 0.05) is 11.1 Å². The lowest BCUT2D eigenvalue weighted by atomic mass is 9.77. The number of fused-ring (bicyclic) bond motifs is 1. The fraction of sp³-hybridized carbons (Fsp3) is 0.435. The molecular weight excluding hydrogens is 365 g/mol. The maximum absolute atomic E-state index is 13.6. The molecule has 1 heterocycles. The van der Waals surface area contributed by atoms with E-state index in [4.69, 9.17) is 4.74 Å². The fourth-order valence-electron chi connectivity index (χ4n) is 3.56. The van der Waals surface area contributed by atoms with E-state index < -0.39 is 23.6 Å². The third-order valence-electron chi connectivity index (χ3n) is 5.12. The molecule has 5 heteroatoms. The van der Waals surface area contributed by atoms with Crippen molar-refractivity contribution in [3.63, 3.8) is 0 Å². The highest BCUT2D eigenvalue weighted by atomic mass is 19.4. The molecule has 0 spiro atoms. The van der Waals surface area contributed by atoms with Crippen LogP contribution in [0.4, 0.5) is 13.2 Å². The SMILES string of the molecule is CC(C)(C)c1cc2c(c(C(C)(C)C)c1)OC(=O)C2c1ccccc1C(F)(F)F. The Morgan fingerprint density at radius 1 is 0.821 bits per heavy atom. The zero-order chi connectivity index (χ0) is 21.1. The minimum Gasteiger partial charge on any atom is -0.425 e. The largest absolute Gasteiger partial charge is 0.425 e. The summed E-state index contributed by atoms with van der Waals surface area (Å²) < 4.78 is 46.3. The minimum atomic E-state index is -4.55. The first kappa shape index (κ1) is 20.4. The lowest BCUT2D eigenvalue weighted by molar-refractivity contribution is -0.139. The van der Waals surface area contributed by atoms with Gasteiger partial charge in [0.2, 0.25) is 0 Å². The average Bonchev–Trinajstić information content (AvgIpc) is 2.86. The van der Waals surface area contributed by atoms with Crippen molar-refractivity contribution in [1.29, 1.82) is 0 Å². The van der Waals surface area contributed by atoms with Crippen molar-refractivity contribution in [3.8, 4) is 5.75 Å². The maximum atomic E-state index is 13.6. The lowest BCUT2D eigenvalue weighted by Crippen LogP contribution is -2.18. The molecule has 2 aromatic rings. The predicted octanol–water partition coefficient (Wildman–Crippen LogP) is 6.35. The van der Waals surface area contributed by atoms with Crippen molar-refractivity contribution in [3.05, 3.63) is 64.2 Å². The van der Waals surface area contributed by atoms with Crippen LogP contribution in [-0.4, -0.2) is 5.97 Å². The van der Waals surface area contributed by atoms with E-state index in [0.717, 1.165) is 17.2 Å². The molecule has 0 aliphatic carbocycles. The molecule has 150 valence electrons. The highest BCUT2D eigenvalue weighted by Gasteiger charge is 2.44. The van der Waals surface area contributed by atoms with Crippen molar-refractivity contribution in [2.24, 2.45) is 0 Å². The molecule has 1 atom stereocenters. The Morgan fingerprint density at radius 2 is 1.43 bits per heavy atom. The first-order valence-corrected chi connectivity index (χ1v) is 9.28. The van der Waals surface area contributed by atoms with E-state index in [-0.39, 0.29) is 16.4 Å². The number of ether oxygens (including phenoxy) is 1. The van der Waals surface area contributed by atoms with Gasteiger partial charge >= 0.3 is 12.1 Å². The van der Waals surface area contributed by atoms with Gasteiger partial charge in [-0.3, -0.25) is 4.79 Å². The summed E-state index contributed by atoms with van der Waals surface area (Å²) in [6.45, 7) is 12.1. The molecule has 0 N–H and O–H groups in total. The lowest BCUT2D eigenvalue weighted by Gasteiger charge is -2.27. The van der Waals surface area contributed by atoms with Gasteiger partial charge in [-0.1, -0.05) is 71.9 Å². The summed E-state index contributed by atoms with van der Waals surface area (Å²) in [5, 5.41) is 0. The molecule has 3 rings (SSSR count). The summed E-state index contributed by atoms with van der Waals surface area (Å²) in [4.78, 5) is 12.8. The molecule has 1 aliphatic heterocycles. The van der Waals surface area contributed by atoms with Crippen LogP contribution in [-0.2, 0) is 21.8 Å². The average molecular weight is 390 g/mol. The molecule has 0 fully saturated rings. The van der Waals surface area contributed by atoms with Crippen LogP contribution in [0.2, 0.25) is 0 Å². The Morgan fingerprint density at radius 3 is 1.96 bits per heavy atom. The molecular formula is C23H25F3O2. The van der Waals surface area contributed by atoms with Gasteiger partial charge in [0.15, 0.2) is 0 Å². The number of hydrogen-bond acceptors (Lipinski definition) is 2. The van der Waals surface area contributed by atoms with Gasteiger partial charge < -0.3 is 4.74 Å². The third kappa shape index (κ3) is 3.54. The molecule has 1 aliphatic rings. The number of hydrogen-bond donors (Lipinski definition) is 0. The predicted molar refractivity (Wildman–Crippen MR) is 103 cm³/mol. The van der Waals surface area contributed by atoms with E-state index in [2.05, 4.69) is 0 Å². The van der Waals surface area contributed by atoms with Gasteiger partial charge in [0.1, 0.15) is 11.7 Å². The smallest absolute Gasteiger partial charge is 0.416 e. The maximum Gasteiger partial charge on any atom is 0.416 e. The van der Waals surface area contributed by atoms with Crippen LogP contribution in [0.1, 0.15) is 75.3 Å². The van der Waals surface area contributed by atoms with E-state index in [0.29, 0.717) is 11.3 Å². The fourth-order valence-corrected chi connectivity index (χ4v) is 3.56. The first-order valence-electron chi connectivity index (χ1n) is 9.28. The standard InChI is InChI=1S/C23H25F3O2/c1-21(2,3)13-11-15-18(14-9-7-8-10-16(14)23(24,25)26)20(27)28-19(15)17(12-13)22(4,5)6/h7-12,18H,1-6H3. The molecule has 0 saturated carbocycles. The summed E-state index contributed by atoms with van der Waals surface area (Å²) in [5.74, 6) is -1.35. The van der Waals surface area contributed by atoms with Crippen molar-refractivity contribution in [2.75, 3.05) is 0 Å². The number of carbonyl (C=O) groups is 1. The third-order valence-corrected chi connectivity index (χ3v) is 5.12. The van der Waals surface area contributed by atoms with Crippen LogP contribution < -0.4 is 4.74 Å². The van der Waals surface area contributed by atoms with Crippen LogP contribution in [0.5, 0.6) is 5.75 Å². The van der Waals surface area contributed by atoms with Gasteiger partial charge in [0.05, 0.1) is 5.56 Å². The second-order valence-corrected chi connectivity index (χ2v) is 9.38. The normalized spacial score (nSPS) is 17.5. The van der Waals surface area contributed by atoms with E-state index in [1.54, 1.807) is 0 Å². The molecule has 2 nitrogen and oxygen atoms in total. The number of benzene rings is 2. The Balaban J connectivity index is 2.31. The van der Waals surface area contributed by atoms with Crippen molar-refractivity contribution >= 4 is 5.97 Å². The molecule has 2 aromatic carbocycles. The van der Waals surface area contributed by atoms with Crippen LogP contribution in [0.3, 0.4) is 0 Å². The molecule has 1 unspecified atom stereocenters. The Hall–Kier alpha value is -2.30. The van der Waals surface area contributed by atoms with Crippen LogP contribution in [0.25, 0.3) is 0 Å². The summed E-state index contributed by atoms with van der Waals surface area (Å²) >= 11 is 0. The molecule has 0 amide bonds. The molecule has 28 heavy (non-hydrogen) atoms. The quantitative estimate of drug-likeness (QED) is 0.419. The summed E-state index contributed by atoms with van der Waals surface area (Å²) in [5.41, 5.74) is 0.880. The monoisotopic (exact) mass is 390 g/mol. The number of carbonyl (C=O) groups excluding carboxylic acids is 1. The van der Waals surface area contributed by atoms with E-state index in [1.165, 1.54) is 18.2 Å². The topological polar surface area (TPSA) is 26.3 Å².